The highest BCUT2D eigenvalue weighted by Gasteiger charge is 2.19. The van der Waals surface area contributed by atoms with Gasteiger partial charge in [-0.1, -0.05) is 12.2 Å². The minimum atomic E-state index is -1.38. The molecule has 7 heteroatoms. The molecule has 0 fully saturated rings. The van der Waals surface area contributed by atoms with Crippen LogP contribution in [0.4, 0.5) is 5.69 Å². The van der Waals surface area contributed by atoms with Crippen LogP contribution in [-0.4, -0.2) is 28.6 Å². The third-order valence-corrected chi connectivity index (χ3v) is 2.35. The number of nitro benzene ring substituents is 1. The molecule has 0 heterocycles. The lowest BCUT2D eigenvalue weighted by Crippen LogP contribution is -2.03. The largest absolute Gasteiger partial charge is 0.477 e. The Morgan fingerprint density at radius 3 is 2.70 bits per heavy atom. The molecular weight excluding hydrogens is 266 g/mol. The van der Waals surface area contributed by atoms with Gasteiger partial charge >= 0.3 is 11.9 Å². The number of aromatic carboxylic acids is 1. The summed E-state index contributed by atoms with van der Waals surface area (Å²) in [6.45, 7) is 1.98. The van der Waals surface area contributed by atoms with Crippen molar-refractivity contribution in [2.75, 3.05) is 6.61 Å². The summed E-state index contributed by atoms with van der Waals surface area (Å²) in [4.78, 5) is 32.0. The van der Waals surface area contributed by atoms with E-state index in [1.807, 2.05) is 0 Å². The third kappa shape index (κ3) is 4.20. The molecule has 0 radical (unpaired) electrons. The number of benzene rings is 1. The van der Waals surface area contributed by atoms with Gasteiger partial charge in [-0.15, -0.1) is 0 Å². The first-order chi connectivity index (χ1) is 9.45. The fourth-order valence-electron chi connectivity index (χ4n) is 1.50. The summed E-state index contributed by atoms with van der Waals surface area (Å²) in [6.07, 6.45) is 3.06. The van der Waals surface area contributed by atoms with Crippen LogP contribution in [0.25, 0.3) is 6.08 Å². The van der Waals surface area contributed by atoms with Crippen molar-refractivity contribution >= 4 is 23.7 Å². The number of ether oxygens (including phenoxy) is 1. The number of hydrogen-bond donors (Lipinski definition) is 1. The molecule has 7 nitrogen and oxygen atoms in total. The van der Waals surface area contributed by atoms with E-state index in [9.17, 15) is 19.7 Å². The van der Waals surface area contributed by atoms with Crippen molar-refractivity contribution in [3.05, 3.63) is 45.5 Å². The molecule has 0 aromatic heterocycles. The highest BCUT2D eigenvalue weighted by molar-refractivity contribution is 5.93. The van der Waals surface area contributed by atoms with Crippen molar-refractivity contribution in [3.8, 4) is 0 Å². The molecule has 20 heavy (non-hydrogen) atoms. The molecule has 1 rings (SSSR count). The Balaban J connectivity index is 2.90. The van der Waals surface area contributed by atoms with Crippen molar-refractivity contribution in [2.45, 2.75) is 13.3 Å². The van der Waals surface area contributed by atoms with Crippen molar-refractivity contribution in [3.63, 3.8) is 0 Å². The summed E-state index contributed by atoms with van der Waals surface area (Å²) < 4.78 is 4.72. The second-order valence-corrected chi connectivity index (χ2v) is 3.75. The number of esters is 1. The Kier molecular flexibility index (Phi) is 5.40. The van der Waals surface area contributed by atoms with Gasteiger partial charge in [0.1, 0.15) is 5.56 Å². The molecule has 0 saturated carbocycles. The van der Waals surface area contributed by atoms with Gasteiger partial charge in [0.15, 0.2) is 0 Å². The van der Waals surface area contributed by atoms with Gasteiger partial charge in [0.2, 0.25) is 0 Å². The molecule has 0 aliphatic heterocycles. The summed E-state index contributed by atoms with van der Waals surface area (Å²) >= 11 is 0. The zero-order valence-electron chi connectivity index (χ0n) is 10.7. The second kappa shape index (κ2) is 7.03. The van der Waals surface area contributed by atoms with E-state index in [-0.39, 0.29) is 13.0 Å². The van der Waals surface area contributed by atoms with Crippen molar-refractivity contribution < 1.29 is 24.4 Å². The minimum Gasteiger partial charge on any atom is -0.477 e. The van der Waals surface area contributed by atoms with E-state index in [1.165, 1.54) is 24.3 Å². The van der Waals surface area contributed by atoms with Gasteiger partial charge in [-0.05, 0) is 24.6 Å². The Morgan fingerprint density at radius 1 is 1.45 bits per heavy atom. The van der Waals surface area contributed by atoms with Crippen LogP contribution in [0.3, 0.4) is 0 Å². The molecule has 0 bridgehead atoms. The molecular formula is C13H13NO6. The SMILES string of the molecule is CCOC(=O)CC=Cc1ccc([N+](=O)[O-])c(C(=O)O)c1. The molecule has 1 N–H and O–H groups in total. The molecule has 0 aliphatic carbocycles. The molecule has 1 aromatic rings. The quantitative estimate of drug-likeness (QED) is 0.486. The van der Waals surface area contributed by atoms with Gasteiger partial charge in [0.25, 0.3) is 5.69 Å². The number of carbonyl (C=O) groups is 2. The Labute approximate surface area is 114 Å². The van der Waals surface area contributed by atoms with E-state index in [2.05, 4.69) is 0 Å². The first kappa shape index (κ1) is 15.4. The van der Waals surface area contributed by atoms with Crippen molar-refractivity contribution in [1.82, 2.24) is 0 Å². The highest BCUT2D eigenvalue weighted by Crippen LogP contribution is 2.20. The van der Waals surface area contributed by atoms with Crippen LogP contribution in [0.5, 0.6) is 0 Å². The monoisotopic (exact) mass is 279 g/mol. The molecule has 0 unspecified atom stereocenters. The zero-order valence-corrected chi connectivity index (χ0v) is 10.7. The highest BCUT2D eigenvalue weighted by atomic mass is 16.6. The number of carbonyl (C=O) groups excluding carboxylic acids is 1. The predicted octanol–water partition coefficient (Wildman–Crippen LogP) is 2.26. The molecule has 0 amide bonds. The molecule has 106 valence electrons. The first-order valence-corrected chi connectivity index (χ1v) is 5.79. The van der Waals surface area contributed by atoms with E-state index in [1.54, 1.807) is 6.92 Å². The molecule has 0 atom stereocenters. The summed E-state index contributed by atoms with van der Waals surface area (Å²) in [5, 5.41) is 19.6. The van der Waals surface area contributed by atoms with Gasteiger partial charge in [-0.3, -0.25) is 14.9 Å². The van der Waals surface area contributed by atoms with E-state index in [0.717, 1.165) is 6.07 Å². The van der Waals surface area contributed by atoms with Crippen LogP contribution >= 0.6 is 0 Å². The Hall–Kier alpha value is -2.70. The van der Waals surface area contributed by atoms with E-state index in [0.29, 0.717) is 5.56 Å². The van der Waals surface area contributed by atoms with Crippen molar-refractivity contribution in [2.24, 2.45) is 0 Å². The lowest BCUT2D eigenvalue weighted by molar-refractivity contribution is -0.385. The van der Waals surface area contributed by atoms with E-state index in [4.69, 9.17) is 9.84 Å². The molecule has 0 saturated heterocycles. The van der Waals surface area contributed by atoms with Crippen LogP contribution in [0, 0.1) is 10.1 Å². The number of nitrogens with zero attached hydrogens (tertiary/aromatic N) is 1. The number of carboxylic acid groups (broad SMARTS) is 1. The van der Waals surface area contributed by atoms with Crippen molar-refractivity contribution in [1.29, 1.82) is 0 Å². The number of carboxylic acids is 1. The second-order valence-electron chi connectivity index (χ2n) is 3.75. The smallest absolute Gasteiger partial charge is 0.342 e. The van der Waals surface area contributed by atoms with Gasteiger partial charge in [0, 0.05) is 6.07 Å². The summed E-state index contributed by atoms with van der Waals surface area (Å²) in [7, 11) is 0. The van der Waals surface area contributed by atoms with Crippen LogP contribution in [0.15, 0.2) is 24.3 Å². The topological polar surface area (TPSA) is 107 Å². The average Bonchev–Trinajstić information content (AvgIpc) is 2.38. The zero-order chi connectivity index (χ0) is 15.1. The fraction of sp³-hybridized carbons (Fsp3) is 0.231. The molecule has 0 aliphatic rings. The standard InChI is InChI=1S/C13H13NO6/c1-2-20-12(15)5-3-4-9-6-7-11(14(18)19)10(8-9)13(16)17/h3-4,6-8H,2,5H2,1H3,(H,16,17). The normalized spacial score (nSPS) is 10.4. The first-order valence-electron chi connectivity index (χ1n) is 5.79. The molecule has 1 aromatic carbocycles. The minimum absolute atomic E-state index is 0.0488. The summed E-state index contributed by atoms with van der Waals surface area (Å²) in [5.41, 5.74) is -0.411. The average molecular weight is 279 g/mol. The summed E-state index contributed by atoms with van der Waals surface area (Å²) in [6, 6.07) is 3.71. The van der Waals surface area contributed by atoms with Crippen LogP contribution < -0.4 is 0 Å². The predicted molar refractivity (Wildman–Crippen MR) is 70.3 cm³/mol. The molecule has 0 spiro atoms. The third-order valence-electron chi connectivity index (χ3n) is 2.35. The lowest BCUT2D eigenvalue weighted by atomic mass is 10.1. The fourth-order valence-corrected chi connectivity index (χ4v) is 1.50. The van der Waals surface area contributed by atoms with Crippen LogP contribution in [0.1, 0.15) is 29.3 Å². The maximum absolute atomic E-state index is 11.1. The van der Waals surface area contributed by atoms with Gasteiger partial charge in [-0.25, -0.2) is 4.79 Å². The lowest BCUT2D eigenvalue weighted by Gasteiger charge is -2.00. The Morgan fingerprint density at radius 2 is 2.15 bits per heavy atom. The maximum atomic E-state index is 11.1. The van der Waals surface area contributed by atoms with Crippen LogP contribution in [-0.2, 0) is 9.53 Å². The number of nitro groups is 1. The van der Waals surface area contributed by atoms with E-state index < -0.39 is 28.1 Å². The maximum Gasteiger partial charge on any atom is 0.342 e. The number of rotatable bonds is 6. The Bertz CT molecular complexity index is 564. The van der Waals surface area contributed by atoms with Crippen LogP contribution in [0.2, 0.25) is 0 Å². The van der Waals surface area contributed by atoms with E-state index >= 15 is 0 Å². The van der Waals surface area contributed by atoms with Gasteiger partial charge in [0.05, 0.1) is 18.0 Å². The summed E-state index contributed by atoms with van der Waals surface area (Å²) in [5.74, 6) is -1.78. The van der Waals surface area contributed by atoms with Gasteiger partial charge in [-0.2, -0.15) is 0 Å². The number of hydrogen-bond acceptors (Lipinski definition) is 5. The van der Waals surface area contributed by atoms with Gasteiger partial charge < -0.3 is 9.84 Å².